The fourth-order valence-corrected chi connectivity index (χ4v) is 2.13. The first-order valence-corrected chi connectivity index (χ1v) is 5.96. The van der Waals surface area contributed by atoms with Crippen LogP contribution >= 0.6 is 0 Å². The second-order valence-electron chi connectivity index (χ2n) is 6.48. The Balaban J connectivity index is 2.69. The highest BCUT2D eigenvalue weighted by molar-refractivity contribution is 5.23. The van der Waals surface area contributed by atoms with E-state index in [-0.39, 0.29) is 17.0 Å². The van der Waals surface area contributed by atoms with Gasteiger partial charge in [-0.2, -0.15) is 0 Å². The predicted molar refractivity (Wildman–Crippen MR) is 68.7 cm³/mol. The van der Waals surface area contributed by atoms with Gasteiger partial charge in [-0.3, -0.25) is 0 Å². The van der Waals surface area contributed by atoms with E-state index < -0.39 is 0 Å². The highest BCUT2D eigenvalue weighted by Gasteiger charge is 2.27. The van der Waals surface area contributed by atoms with Crippen molar-refractivity contribution in [1.82, 2.24) is 10.2 Å². The molecule has 17 heavy (non-hydrogen) atoms. The summed E-state index contributed by atoms with van der Waals surface area (Å²) in [6.45, 7) is 12.7. The Morgan fingerprint density at radius 2 is 1.82 bits per heavy atom. The molecule has 3 N–H and O–H groups in total. The molecule has 5 heteroatoms. The topological polar surface area (TPSA) is 77.0 Å². The summed E-state index contributed by atoms with van der Waals surface area (Å²) in [6.07, 6.45) is 0.996. The van der Waals surface area contributed by atoms with Crippen LogP contribution in [0.25, 0.3) is 0 Å². The van der Waals surface area contributed by atoms with Crippen molar-refractivity contribution in [2.45, 2.75) is 59.5 Å². The van der Waals surface area contributed by atoms with Gasteiger partial charge in [-0.25, -0.2) is 0 Å². The summed E-state index contributed by atoms with van der Waals surface area (Å²) < 4.78 is 5.44. The van der Waals surface area contributed by atoms with Gasteiger partial charge in [0.2, 0.25) is 5.89 Å². The van der Waals surface area contributed by atoms with E-state index in [1.165, 1.54) is 0 Å². The first kappa shape index (κ1) is 14.0. The smallest absolute Gasteiger partial charge is 0.315 e. The average molecular weight is 240 g/mol. The Kier molecular flexibility index (Phi) is 3.81. The van der Waals surface area contributed by atoms with Crippen LogP contribution in [0, 0.1) is 5.41 Å². The first-order chi connectivity index (χ1) is 7.59. The molecule has 0 fully saturated rings. The lowest BCUT2D eigenvalue weighted by Gasteiger charge is -2.32. The zero-order chi connectivity index (χ0) is 13.3. The third-order valence-corrected chi connectivity index (χ3v) is 2.25. The van der Waals surface area contributed by atoms with E-state index >= 15 is 0 Å². The van der Waals surface area contributed by atoms with Crippen LogP contribution in [0.4, 0.5) is 6.01 Å². The maximum atomic E-state index is 5.67. The van der Waals surface area contributed by atoms with Gasteiger partial charge in [0.05, 0.1) is 6.04 Å². The number of hydrogen-bond donors (Lipinski definition) is 2. The van der Waals surface area contributed by atoms with Crippen molar-refractivity contribution in [3.05, 3.63) is 5.89 Å². The number of nitrogens with zero attached hydrogens (tertiary/aromatic N) is 2. The van der Waals surface area contributed by atoms with Crippen LogP contribution in [0.5, 0.6) is 0 Å². The summed E-state index contributed by atoms with van der Waals surface area (Å²) in [5.74, 6) is 0.457. The Morgan fingerprint density at radius 1 is 1.24 bits per heavy atom. The normalized spacial score (nSPS) is 14.8. The minimum Gasteiger partial charge on any atom is -0.406 e. The molecule has 0 bridgehead atoms. The molecular weight excluding hydrogens is 216 g/mol. The van der Waals surface area contributed by atoms with Crippen LogP contribution in [0.3, 0.4) is 0 Å². The number of rotatable bonds is 4. The molecule has 0 saturated heterocycles. The van der Waals surface area contributed by atoms with Crippen LogP contribution in [-0.2, 0) is 0 Å². The van der Waals surface area contributed by atoms with E-state index in [9.17, 15) is 0 Å². The van der Waals surface area contributed by atoms with Crippen LogP contribution in [-0.4, -0.2) is 15.7 Å². The molecule has 0 saturated carbocycles. The highest BCUT2D eigenvalue weighted by atomic mass is 16.4. The predicted octanol–water partition coefficient (Wildman–Crippen LogP) is 2.72. The van der Waals surface area contributed by atoms with Gasteiger partial charge < -0.3 is 15.5 Å². The zero-order valence-corrected chi connectivity index (χ0v) is 11.7. The van der Waals surface area contributed by atoms with Crippen LogP contribution < -0.4 is 11.1 Å². The third kappa shape index (κ3) is 4.73. The molecule has 0 amide bonds. The lowest BCUT2D eigenvalue weighted by atomic mass is 9.82. The zero-order valence-electron chi connectivity index (χ0n) is 11.7. The van der Waals surface area contributed by atoms with Crippen LogP contribution in [0.2, 0.25) is 0 Å². The summed E-state index contributed by atoms with van der Waals surface area (Å²) in [6, 6.07) is 0.204. The number of nitrogens with one attached hydrogen (secondary N) is 1. The molecule has 0 aliphatic heterocycles. The molecule has 1 rings (SSSR count). The summed E-state index contributed by atoms with van der Waals surface area (Å²) in [5.41, 5.74) is 5.81. The summed E-state index contributed by atoms with van der Waals surface area (Å²) >= 11 is 0. The second-order valence-corrected chi connectivity index (χ2v) is 6.48. The lowest BCUT2D eigenvalue weighted by Crippen LogP contribution is -2.35. The molecule has 98 valence electrons. The maximum Gasteiger partial charge on any atom is 0.315 e. The number of hydrogen-bond acceptors (Lipinski definition) is 5. The van der Waals surface area contributed by atoms with Crippen LogP contribution in [0.1, 0.15) is 59.9 Å². The standard InChI is InChI=1S/C12H24N4O/c1-8(13)9-15-16-10(17-9)14-12(5,6)7-11(2,3)4/h8H,7,13H2,1-6H3,(H,14,16). The van der Waals surface area contributed by atoms with Gasteiger partial charge in [-0.05, 0) is 32.6 Å². The van der Waals surface area contributed by atoms with E-state index in [1.54, 1.807) is 0 Å². The van der Waals surface area contributed by atoms with E-state index in [1.807, 2.05) is 6.92 Å². The molecule has 0 aliphatic carbocycles. The van der Waals surface area contributed by atoms with Crippen molar-refractivity contribution in [1.29, 1.82) is 0 Å². The largest absolute Gasteiger partial charge is 0.406 e. The van der Waals surface area contributed by atoms with E-state index in [4.69, 9.17) is 10.2 Å². The maximum absolute atomic E-state index is 5.67. The number of aromatic nitrogens is 2. The number of nitrogens with two attached hydrogens (primary N) is 1. The molecule has 0 radical (unpaired) electrons. The highest BCUT2D eigenvalue weighted by Crippen LogP contribution is 2.29. The monoisotopic (exact) mass is 240 g/mol. The fourth-order valence-electron chi connectivity index (χ4n) is 2.13. The Labute approximate surface area is 103 Å². The minimum atomic E-state index is -0.233. The summed E-state index contributed by atoms with van der Waals surface area (Å²) in [5, 5.41) is 11.1. The molecule has 1 heterocycles. The SMILES string of the molecule is CC(N)c1nnc(NC(C)(C)CC(C)(C)C)o1. The molecule has 0 aromatic carbocycles. The Bertz CT molecular complexity index is 363. The van der Waals surface area contributed by atoms with Crippen molar-refractivity contribution in [3.8, 4) is 0 Å². The fraction of sp³-hybridized carbons (Fsp3) is 0.833. The van der Waals surface area contributed by atoms with Crippen LogP contribution in [0.15, 0.2) is 4.42 Å². The van der Waals surface area contributed by atoms with Crippen molar-refractivity contribution in [2.24, 2.45) is 11.1 Å². The Hall–Kier alpha value is -1.10. The lowest BCUT2D eigenvalue weighted by molar-refractivity contribution is 0.297. The molecule has 1 aromatic heterocycles. The molecule has 5 nitrogen and oxygen atoms in total. The van der Waals surface area contributed by atoms with E-state index in [0.29, 0.717) is 11.9 Å². The number of anilines is 1. The van der Waals surface area contributed by atoms with Crippen molar-refractivity contribution < 1.29 is 4.42 Å². The van der Waals surface area contributed by atoms with Gasteiger partial charge >= 0.3 is 6.01 Å². The van der Waals surface area contributed by atoms with E-state index in [2.05, 4.69) is 50.1 Å². The van der Waals surface area contributed by atoms with Crippen molar-refractivity contribution in [2.75, 3.05) is 5.32 Å². The van der Waals surface area contributed by atoms with Gasteiger partial charge in [-0.15, -0.1) is 5.10 Å². The third-order valence-electron chi connectivity index (χ3n) is 2.25. The van der Waals surface area contributed by atoms with Gasteiger partial charge in [0.15, 0.2) is 0 Å². The Morgan fingerprint density at radius 3 is 2.24 bits per heavy atom. The van der Waals surface area contributed by atoms with E-state index in [0.717, 1.165) is 6.42 Å². The minimum absolute atomic E-state index is 0.0973. The second kappa shape index (κ2) is 4.64. The molecule has 0 aliphatic rings. The van der Waals surface area contributed by atoms with Crippen molar-refractivity contribution in [3.63, 3.8) is 0 Å². The summed E-state index contributed by atoms with van der Waals surface area (Å²) in [4.78, 5) is 0. The van der Waals surface area contributed by atoms with Gasteiger partial charge in [-0.1, -0.05) is 25.9 Å². The summed E-state index contributed by atoms with van der Waals surface area (Å²) in [7, 11) is 0. The molecular formula is C12H24N4O. The molecule has 1 unspecified atom stereocenters. The quantitative estimate of drug-likeness (QED) is 0.846. The molecule has 0 spiro atoms. The van der Waals surface area contributed by atoms with Gasteiger partial charge in [0.1, 0.15) is 0 Å². The average Bonchev–Trinajstić information content (AvgIpc) is 2.46. The first-order valence-electron chi connectivity index (χ1n) is 5.96. The van der Waals surface area contributed by atoms with Gasteiger partial charge in [0, 0.05) is 5.54 Å². The van der Waals surface area contributed by atoms with Crippen molar-refractivity contribution >= 4 is 6.01 Å². The molecule has 1 aromatic rings. The van der Waals surface area contributed by atoms with Gasteiger partial charge in [0.25, 0.3) is 0 Å². The molecule has 1 atom stereocenters.